The van der Waals surface area contributed by atoms with Gasteiger partial charge >= 0.3 is 5.97 Å². The van der Waals surface area contributed by atoms with Crippen molar-refractivity contribution in [2.75, 3.05) is 13.7 Å². The monoisotopic (exact) mass is 323 g/mol. The van der Waals surface area contributed by atoms with Gasteiger partial charge in [0.05, 0.1) is 10.6 Å². The predicted molar refractivity (Wildman–Crippen MR) is 73.0 cm³/mol. The third-order valence-corrected chi connectivity index (χ3v) is 4.09. The van der Waals surface area contributed by atoms with Crippen molar-refractivity contribution < 1.29 is 17.9 Å². The molecule has 0 aliphatic heterocycles. The Balaban J connectivity index is 3.10. The Kier molecular flexibility index (Phi) is 5.37. The normalized spacial score (nSPS) is 11.1. The summed E-state index contributed by atoms with van der Waals surface area (Å²) in [4.78, 5) is 11.4. The number of benzene rings is 1. The van der Waals surface area contributed by atoms with Crippen molar-refractivity contribution in [3.8, 4) is 0 Å². The van der Waals surface area contributed by atoms with Gasteiger partial charge in [-0.15, -0.1) is 0 Å². The van der Waals surface area contributed by atoms with Gasteiger partial charge in [-0.05, 0) is 25.2 Å². The van der Waals surface area contributed by atoms with Crippen molar-refractivity contribution in [3.05, 3.63) is 40.4 Å². The third kappa shape index (κ3) is 4.21. The van der Waals surface area contributed by atoms with Crippen LogP contribution in [-0.4, -0.2) is 28.0 Å². The second kappa shape index (κ2) is 6.38. The molecule has 1 rings (SSSR count). The van der Waals surface area contributed by atoms with Crippen molar-refractivity contribution >= 4 is 39.2 Å². The molecule has 0 fully saturated rings. The predicted octanol–water partition coefficient (Wildman–Crippen LogP) is 2.16. The van der Waals surface area contributed by atoms with Crippen molar-refractivity contribution in [1.29, 1.82) is 0 Å². The van der Waals surface area contributed by atoms with Crippen LogP contribution >= 0.6 is 23.2 Å². The number of nitrogens with one attached hydrogen (secondary N) is 1. The molecule has 0 saturated heterocycles. The summed E-state index contributed by atoms with van der Waals surface area (Å²) in [7, 11) is -2.51. The average molecular weight is 324 g/mol. The second-order valence-electron chi connectivity index (χ2n) is 3.45. The maximum atomic E-state index is 11.7. The van der Waals surface area contributed by atoms with Gasteiger partial charge < -0.3 is 4.74 Å². The summed E-state index contributed by atoms with van der Waals surface area (Å²) in [6.07, 6.45) is 0. The number of rotatable bonds is 5. The fourth-order valence-corrected chi connectivity index (χ4v) is 2.48. The molecule has 1 aromatic rings. The lowest BCUT2D eigenvalue weighted by atomic mass is 10.2. The molecule has 0 spiro atoms. The van der Waals surface area contributed by atoms with Crippen molar-refractivity contribution in [3.63, 3.8) is 0 Å². The van der Waals surface area contributed by atoms with Crippen molar-refractivity contribution in [1.82, 2.24) is 4.72 Å². The van der Waals surface area contributed by atoms with Crippen LogP contribution in [0.2, 0.25) is 5.02 Å². The van der Waals surface area contributed by atoms with Crippen molar-refractivity contribution in [2.24, 2.45) is 0 Å². The van der Waals surface area contributed by atoms with Crippen LogP contribution < -0.4 is 4.72 Å². The molecular formula is C11H11Cl2NO4S. The Hall–Kier alpha value is -1.08. The number of hydrogen-bond acceptors (Lipinski definition) is 4. The quantitative estimate of drug-likeness (QED) is 0.843. The molecule has 0 bridgehead atoms. The zero-order valence-corrected chi connectivity index (χ0v) is 12.3. The summed E-state index contributed by atoms with van der Waals surface area (Å²) < 4.78 is 30.3. The molecule has 0 amide bonds. The lowest BCUT2D eigenvalue weighted by Crippen LogP contribution is -2.19. The Morgan fingerprint density at radius 3 is 2.63 bits per heavy atom. The van der Waals surface area contributed by atoms with Crippen LogP contribution in [0, 0.1) is 0 Å². The maximum absolute atomic E-state index is 11.7. The highest BCUT2D eigenvalue weighted by Gasteiger charge is 2.19. The van der Waals surface area contributed by atoms with Crippen LogP contribution in [0.4, 0.5) is 0 Å². The van der Waals surface area contributed by atoms with E-state index in [1.165, 1.54) is 19.2 Å². The van der Waals surface area contributed by atoms with E-state index in [4.69, 9.17) is 27.9 Å². The van der Waals surface area contributed by atoms with Gasteiger partial charge in [-0.25, -0.2) is 17.9 Å². The molecule has 0 saturated carbocycles. The number of halogens is 2. The smallest absolute Gasteiger partial charge is 0.338 e. The Labute approximate surface area is 121 Å². The first kappa shape index (κ1) is 16.0. The van der Waals surface area contributed by atoms with Gasteiger partial charge in [0, 0.05) is 5.03 Å². The number of hydrogen-bond donors (Lipinski definition) is 1. The fraction of sp³-hybridized carbons (Fsp3) is 0.182. The highest BCUT2D eigenvalue weighted by atomic mass is 35.5. The molecule has 0 aliphatic carbocycles. The summed E-state index contributed by atoms with van der Waals surface area (Å²) in [5, 5.41) is 0.165. The molecule has 1 N–H and O–H groups in total. The van der Waals surface area contributed by atoms with Gasteiger partial charge in [-0.1, -0.05) is 29.8 Å². The number of carbonyl (C=O) groups is 1. The molecule has 19 heavy (non-hydrogen) atoms. The second-order valence-corrected chi connectivity index (χ2v) is 6.24. The van der Waals surface area contributed by atoms with E-state index < -0.39 is 16.0 Å². The maximum Gasteiger partial charge on any atom is 0.338 e. The van der Waals surface area contributed by atoms with E-state index in [1.807, 2.05) is 0 Å². The van der Waals surface area contributed by atoms with E-state index >= 15 is 0 Å². The summed E-state index contributed by atoms with van der Waals surface area (Å²) in [5.41, 5.74) is 0.0520. The minimum absolute atomic E-state index is 0.00709. The number of ether oxygens (including phenoxy) is 1. The van der Waals surface area contributed by atoms with Crippen LogP contribution in [0.25, 0.3) is 0 Å². The van der Waals surface area contributed by atoms with Gasteiger partial charge in [0.25, 0.3) is 0 Å². The first-order valence-electron chi connectivity index (χ1n) is 5.01. The lowest BCUT2D eigenvalue weighted by molar-refractivity contribution is 0.0546. The molecule has 1 aromatic carbocycles. The van der Waals surface area contributed by atoms with Gasteiger partial charge in [-0.3, -0.25) is 0 Å². The van der Waals surface area contributed by atoms with E-state index in [2.05, 4.69) is 11.3 Å². The molecule has 0 atom stereocenters. The SMILES string of the molecule is C=C(Cl)COC(=O)c1ccc(Cl)c(S(=O)(=O)NC)c1. The molecular weight excluding hydrogens is 313 g/mol. The van der Waals surface area contributed by atoms with E-state index in [0.717, 1.165) is 6.07 Å². The summed E-state index contributed by atoms with van der Waals surface area (Å²) in [5.74, 6) is -0.717. The topological polar surface area (TPSA) is 72.5 Å². The first-order valence-corrected chi connectivity index (χ1v) is 7.25. The zero-order valence-electron chi connectivity index (χ0n) is 9.94. The number of carbonyl (C=O) groups excluding carboxylic acids is 1. The molecule has 0 aromatic heterocycles. The van der Waals surface area contributed by atoms with Gasteiger partial charge in [0.2, 0.25) is 10.0 Å². The zero-order chi connectivity index (χ0) is 14.6. The third-order valence-electron chi connectivity index (χ3n) is 2.09. The van der Waals surface area contributed by atoms with E-state index in [9.17, 15) is 13.2 Å². The molecule has 0 aliphatic rings. The number of esters is 1. The summed E-state index contributed by atoms with van der Waals surface area (Å²) in [6, 6.07) is 3.79. The molecule has 5 nitrogen and oxygen atoms in total. The molecule has 8 heteroatoms. The molecule has 0 heterocycles. The molecule has 104 valence electrons. The Bertz CT molecular complexity index is 613. The van der Waals surface area contributed by atoms with Crippen LogP contribution in [-0.2, 0) is 14.8 Å². The van der Waals surface area contributed by atoms with E-state index in [0.29, 0.717) is 0 Å². The highest BCUT2D eigenvalue weighted by Crippen LogP contribution is 2.22. The largest absolute Gasteiger partial charge is 0.456 e. The lowest BCUT2D eigenvalue weighted by Gasteiger charge is -2.08. The van der Waals surface area contributed by atoms with E-state index in [-0.39, 0.29) is 27.1 Å². The standard InChI is InChI=1S/C11H11Cl2NO4S/c1-7(12)6-18-11(15)8-3-4-9(13)10(5-8)19(16,17)14-2/h3-5,14H,1,6H2,2H3. The van der Waals surface area contributed by atoms with Crippen LogP contribution in [0.1, 0.15) is 10.4 Å². The van der Waals surface area contributed by atoms with Crippen molar-refractivity contribution in [2.45, 2.75) is 4.90 Å². The Morgan fingerprint density at radius 1 is 1.47 bits per heavy atom. The van der Waals surface area contributed by atoms with Gasteiger partial charge in [0.15, 0.2) is 0 Å². The minimum atomic E-state index is -3.75. The molecule has 0 unspecified atom stereocenters. The highest BCUT2D eigenvalue weighted by molar-refractivity contribution is 7.89. The number of sulfonamides is 1. The van der Waals surface area contributed by atoms with E-state index in [1.54, 1.807) is 0 Å². The summed E-state index contributed by atoms with van der Waals surface area (Å²) in [6.45, 7) is 3.21. The average Bonchev–Trinajstić information content (AvgIpc) is 2.36. The first-order chi connectivity index (χ1) is 8.77. The Morgan fingerprint density at radius 2 is 2.11 bits per heavy atom. The molecule has 0 radical (unpaired) electrons. The summed E-state index contributed by atoms with van der Waals surface area (Å²) >= 11 is 11.2. The van der Waals surface area contributed by atoms with Crippen LogP contribution in [0.15, 0.2) is 34.7 Å². The fourth-order valence-electron chi connectivity index (χ4n) is 1.17. The van der Waals surface area contributed by atoms with Gasteiger partial charge in [-0.2, -0.15) is 0 Å². The van der Waals surface area contributed by atoms with Crippen LogP contribution in [0.5, 0.6) is 0 Å². The van der Waals surface area contributed by atoms with Gasteiger partial charge in [0.1, 0.15) is 11.5 Å². The van der Waals surface area contributed by atoms with Crippen LogP contribution in [0.3, 0.4) is 0 Å². The minimum Gasteiger partial charge on any atom is -0.456 e.